The number of rotatable bonds is 2. The van der Waals surface area contributed by atoms with E-state index in [9.17, 15) is 0 Å². The van der Waals surface area contributed by atoms with Gasteiger partial charge in [0, 0.05) is 23.3 Å². The molecule has 0 amide bonds. The summed E-state index contributed by atoms with van der Waals surface area (Å²) in [5.74, 6) is 0. The molecule has 0 saturated heterocycles. The second-order valence-corrected chi connectivity index (χ2v) is 4.48. The molecule has 0 aliphatic heterocycles. The zero-order chi connectivity index (χ0) is 12.5. The summed E-state index contributed by atoms with van der Waals surface area (Å²) in [6.45, 7) is 0. The lowest BCUT2D eigenvalue weighted by atomic mass is 10.0. The number of fused-ring (bicyclic) bond motifs is 1. The number of hydrogen-bond donors (Lipinski definition) is 2. The molecule has 0 aliphatic carbocycles. The fourth-order valence-corrected chi connectivity index (χ4v) is 2.18. The average Bonchev–Trinajstić information content (AvgIpc) is 2.87. The van der Waals surface area contributed by atoms with E-state index in [1.807, 2.05) is 42.6 Å². The first kappa shape index (κ1) is 10.9. The molecule has 0 spiro atoms. The first-order chi connectivity index (χ1) is 8.75. The first-order valence-electron chi connectivity index (χ1n) is 5.58. The molecule has 0 fully saturated rings. The van der Waals surface area contributed by atoms with Crippen LogP contribution in [0.3, 0.4) is 0 Å². The lowest BCUT2D eigenvalue weighted by Gasteiger charge is -2.05. The quantitative estimate of drug-likeness (QED) is 0.690. The van der Waals surface area contributed by atoms with Gasteiger partial charge >= 0.3 is 0 Å². The van der Waals surface area contributed by atoms with Crippen molar-refractivity contribution in [3.8, 4) is 11.1 Å². The van der Waals surface area contributed by atoms with Crippen LogP contribution in [0.25, 0.3) is 22.2 Å². The Morgan fingerprint density at radius 1 is 1.22 bits per heavy atom. The van der Waals surface area contributed by atoms with Crippen LogP contribution >= 0.6 is 12.2 Å². The summed E-state index contributed by atoms with van der Waals surface area (Å²) in [4.78, 5) is 7.80. The molecule has 18 heavy (non-hydrogen) atoms. The van der Waals surface area contributed by atoms with Crippen molar-refractivity contribution in [1.82, 2.24) is 9.97 Å². The molecule has 2 aromatic heterocycles. The number of H-pyrrole nitrogens is 1. The molecular weight excluding hydrogens is 242 g/mol. The highest BCUT2D eigenvalue weighted by atomic mass is 32.1. The van der Waals surface area contributed by atoms with Crippen molar-refractivity contribution in [2.75, 3.05) is 0 Å². The maximum atomic E-state index is 5.67. The van der Waals surface area contributed by atoms with Gasteiger partial charge in [-0.05, 0) is 29.3 Å². The number of thiocarbonyl (C=S) groups is 1. The van der Waals surface area contributed by atoms with E-state index in [0.29, 0.717) is 4.99 Å². The van der Waals surface area contributed by atoms with E-state index in [2.05, 4.69) is 9.97 Å². The minimum Gasteiger partial charge on any atom is -0.389 e. The summed E-state index contributed by atoms with van der Waals surface area (Å²) < 4.78 is 0. The zero-order valence-electron chi connectivity index (χ0n) is 9.55. The molecule has 3 nitrogen and oxygen atoms in total. The van der Waals surface area contributed by atoms with Crippen LogP contribution in [0.4, 0.5) is 0 Å². The van der Waals surface area contributed by atoms with Crippen molar-refractivity contribution in [2.24, 2.45) is 5.73 Å². The highest BCUT2D eigenvalue weighted by molar-refractivity contribution is 7.80. The minimum absolute atomic E-state index is 0.413. The SMILES string of the molecule is NC(=S)c1cccc(-c2ccnc3[nH]ccc23)c1. The monoisotopic (exact) mass is 253 g/mol. The highest BCUT2D eigenvalue weighted by Gasteiger charge is 2.06. The van der Waals surface area contributed by atoms with Crippen LogP contribution in [0, 0.1) is 0 Å². The van der Waals surface area contributed by atoms with Crippen LogP contribution in [0.1, 0.15) is 5.56 Å². The van der Waals surface area contributed by atoms with Gasteiger partial charge in [-0.2, -0.15) is 0 Å². The van der Waals surface area contributed by atoms with E-state index in [-0.39, 0.29) is 0 Å². The Bertz CT molecular complexity index is 730. The van der Waals surface area contributed by atoms with E-state index < -0.39 is 0 Å². The molecule has 3 N–H and O–H groups in total. The number of benzene rings is 1. The van der Waals surface area contributed by atoms with Crippen LogP contribution in [-0.4, -0.2) is 15.0 Å². The third kappa shape index (κ3) is 1.76. The highest BCUT2D eigenvalue weighted by Crippen LogP contribution is 2.27. The summed E-state index contributed by atoms with van der Waals surface area (Å²) in [6.07, 6.45) is 3.68. The van der Waals surface area contributed by atoms with Crippen LogP contribution in [0.5, 0.6) is 0 Å². The summed E-state index contributed by atoms with van der Waals surface area (Å²) in [6, 6.07) is 11.9. The van der Waals surface area contributed by atoms with E-state index in [0.717, 1.165) is 27.7 Å². The largest absolute Gasteiger partial charge is 0.389 e. The van der Waals surface area contributed by atoms with Gasteiger partial charge in [-0.3, -0.25) is 0 Å². The number of nitrogens with two attached hydrogens (primary N) is 1. The summed E-state index contributed by atoms with van der Waals surface area (Å²) >= 11 is 5.01. The van der Waals surface area contributed by atoms with Crippen molar-refractivity contribution >= 4 is 28.2 Å². The molecule has 1 aromatic carbocycles. The van der Waals surface area contributed by atoms with Gasteiger partial charge in [0.2, 0.25) is 0 Å². The van der Waals surface area contributed by atoms with Gasteiger partial charge in [-0.25, -0.2) is 4.98 Å². The van der Waals surface area contributed by atoms with Gasteiger partial charge in [-0.15, -0.1) is 0 Å². The van der Waals surface area contributed by atoms with E-state index >= 15 is 0 Å². The van der Waals surface area contributed by atoms with Gasteiger partial charge in [0.05, 0.1) is 0 Å². The lowest BCUT2D eigenvalue weighted by molar-refractivity contribution is 1.33. The maximum absolute atomic E-state index is 5.67. The number of aromatic nitrogens is 2. The Hall–Kier alpha value is -2.20. The van der Waals surface area contributed by atoms with E-state index in [1.165, 1.54) is 0 Å². The fraction of sp³-hybridized carbons (Fsp3) is 0. The molecule has 3 rings (SSSR count). The van der Waals surface area contributed by atoms with E-state index in [1.54, 1.807) is 6.20 Å². The molecule has 0 radical (unpaired) electrons. The predicted molar refractivity (Wildman–Crippen MR) is 77.4 cm³/mol. The third-order valence-electron chi connectivity index (χ3n) is 2.92. The van der Waals surface area contributed by atoms with Gasteiger partial charge in [0.25, 0.3) is 0 Å². The van der Waals surface area contributed by atoms with E-state index in [4.69, 9.17) is 18.0 Å². The molecule has 4 heteroatoms. The fourth-order valence-electron chi connectivity index (χ4n) is 2.05. The van der Waals surface area contributed by atoms with Crippen LogP contribution in [0.15, 0.2) is 48.8 Å². The predicted octanol–water partition coefficient (Wildman–Crippen LogP) is 2.86. The van der Waals surface area contributed by atoms with Gasteiger partial charge in [-0.1, -0.05) is 30.4 Å². The summed E-state index contributed by atoms with van der Waals surface area (Å²) in [5, 5.41) is 1.09. The van der Waals surface area contributed by atoms with Crippen molar-refractivity contribution < 1.29 is 0 Å². The zero-order valence-corrected chi connectivity index (χ0v) is 10.4. The first-order valence-corrected chi connectivity index (χ1v) is 5.99. The molecule has 0 unspecified atom stereocenters. The molecular formula is C14H11N3S. The average molecular weight is 253 g/mol. The van der Waals surface area contributed by atoms with Crippen molar-refractivity contribution in [1.29, 1.82) is 0 Å². The topological polar surface area (TPSA) is 54.7 Å². The standard InChI is InChI=1S/C14H11N3S/c15-13(18)10-3-1-2-9(8-10)11-4-6-16-14-12(11)5-7-17-14/h1-8H,(H2,15,18)(H,16,17). The number of aromatic amines is 1. The van der Waals surface area contributed by atoms with Crippen molar-refractivity contribution in [3.05, 3.63) is 54.4 Å². The van der Waals surface area contributed by atoms with Crippen molar-refractivity contribution in [2.45, 2.75) is 0 Å². The second kappa shape index (κ2) is 4.23. The molecule has 88 valence electrons. The Balaban J connectivity index is 2.23. The maximum Gasteiger partial charge on any atom is 0.137 e. The Labute approximate surface area is 110 Å². The minimum atomic E-state index is 0.413. The van der Waals surface area contributed by atoms with Gasteiger partial charge < -0.3 is 10.7 Å². The lowest BCUT2D eigenvalue weighted by Crippen LogP contribution is -2.08. The molecule has 0 saturated carbocycles. The van der Waals surface area contributed by atoms with Gasteiger partial charge in [0.1, 0.15) is 10.6 Å². The number of nitrogens with zero attached hydrogens (tertiary/aromatic N) is 1. The molecule has 2 heterocycles. The summed E-state index contributed by atoms with van der Waals surface area (Å²) in [7, 11) is 0. The number of pyridine rings is 1. The number of nitrogens with one attached hydrogen (secondary N) is 1. The Morgan fingerprint density at radius 3 is 2.94 bits per heavy atom. The van der Waals surface area contributed by atoms with Crippen LogP contribution in [0.2, 0.25) is 0 Å². The molecule has 0 bridgehead atoms. The molecule has 0 aliphatic rings. The molecule has 0 atom stereocenters. The summed E-state index contributed by atoms with van der Waals surface area (Å²) in [5.41, 5.74) is 9.64. The molecule has 3 aromatic rings. The number of hydrogen-bond acceptors (Lipinski definition) is 2. The smallest absolute Gasteiger partial charge is 0.137 e. The normalized spacial score (nSPS) is 10.7. The van der Waals surface area contributed by atoms with Crippen LogP contribution < -0.4 is 5.73 Å². The third-order valence-corrected chi connectivity index (χ3v) is 3.15. The van der Waals surface area contributed by atoms with Gasteiger partial charge in [0.15, 0.2) is 0 Å². The van der Waals surface area contributed by atoms with Crippen molar-refractivity contribution in [3.63, 3.8) is 0 Å². The Morgan fingerprint density at radius 2 is 2.11 bits per heavy atom. The Kier molecular flexibility index (Phi) is 2.57. The van der Waals surface area contributed by atoms with Crippen LogP contribution in [-0.2, 0) is 0 Å². The second-order valence-electron chi connectivity index (χ2n) is 4.04.